The molecular formula is C4H4F3N2Na. The van der Waals surface area contributed by atoms with E-state index in [0.717, 1.165) is 12.3 Å². The topological polar surface area (TPSA) is 28.7 Å². The molecule has 1 heterocycles. The van der Waals surface area contributed by atoms with Gasteiger partial charge in [-0.3, -0.25) is 5.10 Å². The van der Waals surface area contributed by atoms with Gasteiger partial charge in [0.2, 0.25) is 0 Å². The third-order valence-electron chi connectivity index (χ3n) is 0.791. The number of nitrogens with zero attached hydrogens (tertiary/aromatic N) is 1. The van der Waals surface area contributed by atoms with Crippen LogP contribution in [0.25, 0.3) is 0 Å². The van der Waals surface area contributed by atoms with Crippen LogP contribution in [0.3, 0.4) is 0 Å². The van der Waals surface area contributed by atoms with Crippen molar-refractivity contribution in [2.75, 3.05) is 0 Å². The first-order valence-electron chi connectivity index (χ1n) is 2.17. The number of alkyl halides is 3. The standard InChI is InChI=1S/C4H3F3N2.Na.H/c5-4(6,7)3-1-2-8-9-3;;/h1-2H,(H,8,9);;. The van der Waals surface area contributed by atoms with Crippen molar-refractivity contribution in [3.05, 3.63) is 18.0 Å². The molecule has 0 aliphatic heterocycles. The van der Waals surface area contributed by atoms with Crippen molar-refractivity contribution in [1.29, 1.82) is 0 Å². The van der Waals surface area contributed by atoms with E-state index in [1.54, 1.807) is 0 Å². The Morgan fingerprint density at radius 1 is 1.40 bits per heavy atom. The molecule has 0 saturated carbocycles. The maximum absolute atomic E-state index is 11.5. The second-order valence-corrected chi connectivity index (χ2v) is 1.46. The fraction of sp³-hybridized carbons (Fsp3) is 0.250. The van der Waals surface area contributed by atoms with Crippen molar-refractivity contribution in [3.8, 4) is 0 Å². The van der Waals surface area contributed by atoms with Crippen LogP contribution in [-0.2, 0) is 6.18 Å². The molecular weight excluding hydrogens is 156 g/mol. The zero-order valence-electron chi connectivity index (χ0n) is 4.24. The van der Waals surface area contributed by atoms with Gasteiger partial charge in [-0.2, -0.15) is 18.3 Å². The summed E-state index contributed by atoms with van der Waals surface area (Å²) >= 11 is 0. The molecule has 1 N–H and O–H groups in total. The molecule has 1 aromatic heterocycles. The van der Waals surface area contributed by atoms with Crippen molar-refractivity contribution in [3.63, 3.8) is 0 Å². The summed E-state index contributed by atoms with van der Waals surface area (Å²) in [5.41, 5.74) is -0.887. The molecule has 0 fully saturated rings. The van der Waals surface area contributed by atoms with Crippen LogP contribution in [0, 0.1) is 0 Å². The van der Waals surface area contributed by atoms with Crippen LogP contribution >= 0.6 is 0 Å². The van der Waals surface area contributed by atoms with Crippen LogP contribution in [0.2, 0.25) is 0 Å². The summed E-state index contributed by atoms with van der Waals surface area (Å²) < 4.78 is 34.6. The maximum atomic E-state index is 11.5. The molecule has 10 heavy (non-hydrogen) atoms. The van der Waals surface area contributed by atoms with E-state index in [2.05, 4.69) is 10.2 Å². The summed E-state index contributed by atoms with van der Waals surface area (Å²) in [7, 11) is 0. The average molecular weight is 160 g/mol. The predicted molar refractivity (Wildman–Crippen MR) is 30.7 cm³/mol. The predicted octanol–water partition coefficient (Wildman–Crippen LogP) is 0.780. The molecule has 0 amide bonds. The number of halogens is 3. The Morgan fingerprint density at radius 2 is 2.00 bits per heavy atom. The molecule has 0 saturated heterocycles. The SMILES string of the molecule is FC(F)(F)c1cc[nH]n1.[NaH]. The number of rotatable bonds is 0. The molecule has 0 aliphatic rings. The number of hydrogen-bond donors (Lipinski definition) is 1. The Morgan fingerprint density at radius 3 is 2.20 bits per heavy atom. The van der Waals surface area contributed by atoms with Gasteiger partial charge in [-0.1, -0.05) is 0 Å². The Labute approximate surface area is 77.1 Å². The molecule has 6 heteroatoms. The first-order chi connectivity index (χ1) is 4.11. The summed E-state index contributed by atoms with van der Waals surface area (Å²) in [6, 6.07) is 0.875. The molecule has 1 rings (SSSR count). The number of nitrogens with one attached hydrogen (secondary N) is 1. The molecule has 52 valence electrons. The van der Waals surface area contributed by atoms with Gasteiger partial charge >= 0.3 is 35.7 Å². The Kier molecular flexibility index (Phi) is 3.41. The average Bonchev–Trinajstić information content (AvgIpc) is 2.08. The fourth-order valence-corrected chi connectivity index (χ4v) is 0.418. The molecule has 0 radical (unpaired) electrons. The molecule has 0 atom stereocenters. The summed E-state index contributed by atoms with van der Waals surface area (Å²) in [5.74, 6) is 0. The number of aromatic amines is 1. The van der Waals surface area contributed by atoms with E-state index in [9.17, 15) is 13.2 Å². The van der Waals surface area contributed by atoms with Crippen molar-refractivity contribution in [2.24, 2.45) is 0 Å². The summed E-state index contributed by atoms with van der Waals surface area (Å²) in [6.45, 7) is 0. The molecule has 0 aromatic carbocycles. The number of aromatic nitrogens is 2. The molecule has 0 bridgehead atoms. The van der Waals surface area contributed by atoms with Gasteiger partial charge in [0.05, 0.1) is 0 Å². The second-order valence-electron chi connectivity index (χ2n) is 1.46. The fourth-order valence-electron chi connectivity index (χ4n) is 0.418. The molecule has 0 spiro atoms. The zero-order chi connectivity index (χ0) is 6.91. The van der Waals surface area contributed by atoms with E-state index in [4.69, 9.17) is 0 Å². The van der Waals surface area contributed by atoms with E-state index in [0.29, 0.717) is 0 Å². The van der Waals surface area contributed by atoms with Crippen LogP contribution in [0.4, 0.5) is 13.2 Å². The zero-order valence-corrected chi connectivity index (χ0v) is 4.24. The van der Waals surface area contributed by atoms with Crippen LogP contribution in [0.1, 0.15) is 5.69 Å². The van der Waals surface area contributed by atoms with Gasteiger partial charge in [-0.15, -0.1) is 0 Å². The van der Waals surface area contributed by atoms with Gasteiger partial charge in [-0.05, 0) is 6.07 Å². The van der Waals surface area contributed by atoms with E-state index in [-0.39, 0.29) is 29.6 Å². The van der Waals surface area contributed by atoms with Gasteiger partial charge in [0.25, 0.3) is 0 Å². The minimum absolute atomic E-state index is 0. The summed E-state index contributed by atoms with van der Waals surface area (Å²) in [5, 5.41) is 5.00. The Balaban J connectivity index is 0.000000810. The summed E-state index contributed by atoms with van der Waals surface area (Å²) in [4.78, 5) is 0. The monoisotopic (exact) mass is 160 g/mol. The van der Waals surface area contributed by atoms with E-state index >= 15 is 0 Å². The van der Waals surface area contributed by atoms with Crippen molar-refractivity contribution in [2.45, 2.75) is 6.18 Å². The van der Waals surface area contributed by atoms with Crippen LogP contribution in [0.15, 0.2) is 12.3 Å². The van der Waals surface area contributed by atoms with Crippen molar-refractivity contribution < 1.29 is 13.2 Å². The first kappa shape index (κ1) is 10.0. The number of hydrogen-bond acceptors (Lipinski definition) is 1. The molecule has 2 nitrogen and oxygen atoms in total. The number of H-pyrrole nitrogens is 1. The summed E-state index contributed by atoms with van der Waals surface area (Å²) in [6.07, 6.45) is -3.19. The molecule has 0 aliphatic carbocycles. The van der Waals surface area contributed by atoms with Crippen LogP contribution < -0.4 is 0 Å². The van der Waals surface area contributed by atoms with Gasteiger partial charge in [0, 0.05) is 6.20 Å². The quantitative estimate of drug-likeness (QED) is 0.558. The van der Waals surface area contributed by atoms with Gasteiger partial charge in [0.1, 0.15) is 0 Å². The normalized spacial score (nSPS) is 10.7. The van der Waals surface area contributed by atoms with Crippen molar-refractivity contribution in [1.82, 2.24) is 10.2 Å². The first-order valence-corrected chi connectivity index (χ1v) is 2.17. The van der Waals surface area contributed by atoms with E-state index in [1.807, 2.05) is 0 Å². The third kappa shape index (κ3) is 2.32. The Bertz CT molecular complexity index is 181. The molecule has 1 aromatic rings. The minimum atomic E-state index is -4.32. The van der Waals surface area contributed by atoms with Gasteiger partial charge in [0.15, 0.2) is 5.69 Å². The van der Waals surface area contributed by atoms with E-state index < -0.39 is 11.9 Å². The van der Waals surface area contributed by atoms with Gasteiger partial charge in [-0.25, -0.2) is 0 Å². The van der Waals surface area contributed by atoms with Gasteiger partial charge < -0.3 is 0 Å². The van der Waals surface area contributed by atoms with Crippen molar-refractivity contribution >= 4 is 29.6 Å². The second kappa shape index (κ2) is 3.41. The third-order valence-corrected chi connectivity index (χ3v) is 0.791. The van der Waals surface area contributed by atoms with E-state index in [1.165, 1.54) is 0 Å². The molecule has 0 unspecified atom stereocenters. The Hall–Kier alpha value is 0. The van der Waals surface area contributed by atoms with Crippen LogP contribution in [0.5, 0.6) is 0 Å². The van der Waals surface area contributed by atoms with Crippen LogP contribution in [-0.4, -0.2) is 39.8 Å².